The first kappa shape index (κ1) is 29.8. The van der Waals surface area contributed by atoms with Crippen molar-refractivity contribution in [2.45, 2.75) is 51.1 Å². The summed E-state index contributed by atoms with van der Waals surface area (Å²) in [4.78, 5) is 42.2. The second kappa shape index (κ2) is 13.6. The first-order chi connectivity index (χ1) is 20.8. The normalized spacial score (nSPS) is 21.3. The minimum Gasteiger partial charge on any atom is -0.455 e. The van der Waals surface area contributed by atoms with Crippen molar-refractivity contribution >= 4 is 17.7 Å². The van der Waals surface area contributed by atoms with Crippen LogP contribution in [0.15, 0.2) is 108 Å². The maximum atomic E-state index is 13.3. The van der Waals surface area contributed by atoms with Crippen molar-refractivity contribution in [3.8, 4) is 0 Å². The third-order valence-electron chi connectivity index (χ3n) is 7.03. The number of carbonyl (C=O) groups excluding carboxylic acids is 2. The highest BCUT2D eigenvalue weighted by Gasteiger charge is 2.56. The van der Waals surface area contributed by atoms with Gasteiger partial charge in [0.05, 0.1) is 19.8 Å². The maximum Gasteiger partial charge on any atom is 0.351 e. The molecule has 4 unspecified atom stereocenters. The number of benzene rings is 3. The van der Waals surface area contributed by atoms with E-state index >= 15 is 0 Å². The number of carbonyl (C=O) groups is 2. The van der Waals surface area contributed by atoms with Gasteiger partial charge in [0.1, 0.15) is 17.5 Å². The number of aromatic nitrogens is 2. The van der Waals surface area contributed by atoms with Crippen LogP contribution >= 0.6 is 0 Å². The molecule has 1 aliphatic rings. The number of amides is 1. The Hall–Kier alpha value is -4.64. The lowest BCUT2D eigenvalue weighted by Gasteiger charge is -2.31. The van der Waals surface area contributed by atoms with E-state index in [1.54, 1.807) is 37.3 Å². The average molecular weight is 584 g/mol. The molecule has 1 aromatic heterocycles. The van der Waals surface area contributed by atoms with Crippen molar-refractivity contribution in [2.24, 2.45) is 0 Å². The smallest absolute Gasteiger partial charge is 0.351 e. The highest BCUT2D eigenvalue weighted by Crippen LogP contribution is 2.41. The SMILES string of the molecule is CC(=O)OC1C(n2ccc(NC(=O)c3ccccc3)nc2=O)OC(C)(COCc2ccccc2)C1OCc1ccccc1. The molecular formula is C33H33N3O7. The van der Waals surface area contributed by atoms with Crippen LogP contribution in [0.1, 0.15) is 41.6 Å². The molecule has 1 saturated heterocycles. The monoisotopic (exact) mass is 583 g/mol. The van der Waals surface area contributed by atoms with E-state index in [1.807, 2.05) is 60.7 Å². The van der Waals surface area contributed by atoms with Crippen LogP contribution in [0.25, 0.3) is 0 Å². The molecule has 1 amide bonds. The first-order valence-electron chi connectivity index (χ1n) is 13.9. The van der Waals surface area contributed by atoms with Crippen molar-refractivity contribution in [3.63, 3.8) is 0 Å². The highest BCUT2D eigenvalue weighted by atomic mass is 16.6. The Kier molecular flexibility index (Phi) is 9.41. The molecule has 222 valence electrons. The number of nitrogens with zero attached hydrogens (tertiary/aromatic N) is 2. The van der Waals surface area contributed by atoms with Crippen LogP contribution in [0, 0.1) is 0 Å². The molecule has 5 rings (SSSR count). The number of hydrogen-bond acceptors (Lipinski definition) is 8. The van der Waals surface area contributed by atoms with Gasteiger partial charge in [0.25, 0.3) is 5.91 Å². The molecule has 43 heavy (non-hydrogen) atoms. The van der Waals surface area contributed by atoms with Crippen LogP contribution in [-0.4, -0.2) is 45.8 Å². The largest absolute Gasteiger partial charge is 0.455 e. The van der Waals surface area contributed by atoms with E-state index in [4.69, 9.17) is 18.9 Å². The number of hydrogen-bond donors (Lipinski definition) is 1. The van der Waals surface area contributed by atoms with Gasteiger partial charge in [-0.1, -0.05) is 78.9 Å². The van der Waals surface area contributed by atoms with E-state index in [0.29, 0.717) is 12.2 Å². The standard InChI is InChI=1S/C33H33N3O7/c1-23(37)42-28-29(41-21-25-14-8-4-9-15-25)33(2,22-40-20-24-12-6-3-7-13-24)43-31(28)36-19-18-27(35-32(36)39)34-30(38)26-16-10-5-11-17-26/h3-19,28-29,31H,20-22H2,1-2H3,(H,34,35,38,39). The van der Waals surface area contributed by atoms with Gasteiger partial charge >= 0.3 is 11.7 Å². The predicted molar refractivity (Wildman–Crippen MR) is 158 cm³/mol. The zero-order chi connectivity index (χ0) is 30.2. The molecule has 10 heteroatoms. The van der Waals surface area contributed by atoms with Crippen LogP contribution in [-0.2, 0) is 37.0 Å². The van der Waals surface area contributed by atoms with Crippen LogP contribution in [0.5, 0.6) is 0 Å². The van der Waals surface area contributed by atoms with E-state index in [9.17, 15) is 14.4 Å². The Morgan fingerprint density at radius 2 is 1.51 bits per heavy atom. The molecule has 0 radical (unpaired) electrons. The third kappa shape index (κ3) is 7.42. The summed E-state index contributed by atoms with van der Waals surface area (Å²) in [6.07, 6.45) is -1.44. The maximum absolute atomic E-state index is 13.3. The van der Waals surface area contributed by atoms with Crippen LogP contribution in [0.3, 0.4) is 0 Å². The second-order valence-corrected chi connectivity index (χ2v) is 10.4. The van der Waals surface area contributed by atoms with Crippen LogP contribution < -0.4 is 11.0 Å². The van der Waals surface area contributed by atoms with Crippen molar-refractivity contribution in [2.75, 3.05) is 11.9 Å². The van der Waals surface area contributed by atoms with Gasteiger partial charge in [0, 0.05) is 18.7 Å². The lowest BCUT2D eigenvalue weighted by molar-refractivity contribution is -0.159. The zero-order valence-corrected chi connectivity index (χ0v) is 23.9. The first-order valence-corrected chi connectivity index (χ1v) is 13.9. The highest BCUT2D eigenvalue weighted by molar-refractivity contribution is 6.03. The van der Waals surface area contributed by atoms with Crippen LogP contribution in [0.4, 0.5) is 5.82 Å². The number of nitrogens with one attached hydrogen (secondary N) is 1. The minimum absolute atomic E-state index is 0.0722. The third-order valence-corrected chi connectivity index (χ3v) is 7.03. The van der Waals surface area contributed by atoms with E-state index in [-0.39, 0.29) is 19.0 Å². The molecule has 0 saturated carbocycles. The molecule has 0 spiro atoms. The van der Waals surface area contributed by atoms with E-state index in [2.05, 4.69) is 10.3 Å². The average Bonchev–Trinajstić information content (AvgIpc) is 3.27. The van der Waals surface area contributed by atoms with E-state index in [0.717, 1.165) is 11.1 Å². The number of rotatable bonds is 11. The summed E-state index contributed by atoms with van der Waals surface area (Å²) in [5, 5.41) is 2.63. The molecule has 0 bridgehead atoms. The Morgan fingerprint density at radius 3 is 2.12 bits per heavy atom. The molecule has 3 aromatic carbocycles. The van der Waals surface area contributed by atoms with E-state index < -0.39 is 41.6 Å². The summed E-state index contributed by atoms with van der Waals surface area (Å²) in [6.45, 7) is 3.72. The van der Waals surface area contributed by atoms with Gasteiger partial charge in [-0.15, -0.1) is 0 Å². The molecule has 4 atom stereocenters. The number of esters is 1. The second-order valence-electron chi connectivity index (χ2n) is 10.4. The van der Waals surface area contributed by atoms with E-state index in [1.165, 1.54) is 23.8 Å². The fourth-order valence-corrected chi connectivity index (χ4v) is 4.98. The quantitative estimate of drug-likeness (QED) is 0.256. The van der Waals surface area contributed by atoms with Gasteiger partial charge in [-0.25, -0.2) is 4.79 Å². The summed E-state index contributed by atoms with van der Waals surface area (Å²) in [6, 6.07) is 29.3. The molecule has 4 aromatic rings. The molecular weight excluding hydrogens is 550 g/mol. The zero-order valence-electron chi connectivity index (χ0n) is 23.9. The summed E-state index contributed by atoms with van der Waals surface area (Å²) in [5.41, 5.74) is 0.495. The van der Waals surface area contributed by atoms with Gasteiger partial charge in [0.15, 0.2) is 12.3 Å². The van der Waals surface area contributed by atoms with Crippen molar-refractivity contribution < 1.29 is 28.5 Å². The Morgan fingerprint density at radius 1 is 0.907 bits per heavy atom. The molecule has 2 heterocycles. The van der Waals surface area contributed by atoms with Crippen molar-refractivity contribution in [1.82, 2.24) is 9.55 Å². The van der Waals surface area contributed by atoms with Crippen molar-refractivity contribution in [3.05, 3.63) is 130 Å². The Labute approximate surface area is 249 Å². The van der Waals surface area contributed by atoms with Gasteiger partial charge in [-0.05, 0) is 36.2 Å². The summed E-state index contributed by atoms with van der Waals surface area (Å²) < 4.78 is 25.9. The summed E-state index contributed by atoms with van der Waals surface area (Å²) >= 11 is 0. The molecule has 0 aliphatic carbocycles. The number of ether oxygens (including phenoxy) is 4. The number of anilines is 1. The van der Waals surface area contributed by atoms with Gasteiger partial charge in [-0.2, -0.15) is 4.98 Å². The van der Waals surface area contributed by atoms with Gasteiger partial charge in [-0.3, -0.25) is 14.2 Å². The molecule has 1 aliphatic heterocycles. The fraction of sp³-hybridized carbons (Fsp3) is 0.273. The lowest BCUT2D eigenvalue weighted by Crippen LogP contribution is -2.47. The summed E-state index contributed by atoms with van der Waals surface area (Å²) in [7, 11) is 0. The molecule has 1 N–H and O–H groups in total. The van der Waals surface area contributed by atoms with Crippen molar-refractivity contribution in [1.29, 1.82) is 0 Å². The van der Waals surface area contributed by atoms with Crippen LogP contribution in [0.2, 0.25) is 0 Å². The predicted octanol–water partition coefficient (Wildman–Crippen LogP) is 4.52. The lowest BCUT2D eigenvalue weighted by atomic mass is 9.97. The molecule has 10 nitrogen and oxygen atoms in total. The minimum atomic E-state index is -1.12. The summed E-state index contributed by atoms with van der Waals surface area (Å²) in [5.74, 6) is -0.894. The Balaban J connectivity index is 1.41. The topological polar surface area (TPSA) is 118 Å². The van der Waals surface area contributed by atoms with Gasteiger partial charge in [0.2, 0.25) is 0 Å². The van der Waals surface area contributed by atoms with Gasteiger partial charge < -0.3 is 24.3 Å². The molecule has 1 fully saturated rings. The fourth-order valence-electron chi connectivity index (χ4n) is 4.98. The Bertz CT molecular complexity index is 1580.